The van der Waals surface area contributed by atoms with E-state index in [1.54, 1.807) is 0 Å². The highest BCUT2D eigenvalue weighted by molar-refractivity contribution is 5.79. The Morgan fingerprint density at radius 1 is 1.41 bits per heavy atom. The fourth-order valence-corrected chi connectivity index (χ4v) is 1.80. The molecule has 0 aromatic carbocycles. The van der Waals surface area contributed by atoms with E-state index in [1.807, 2.05) is 0 Å². The van der Waals surface area contributed by atoms with Crippen LogP contribution in [0.4, 0.5) is 13.2 Å². The first-order valence-electron chi connectivity index (χ1n) is 5.13. The number of alkyl halides is 3. The molecular weight excluding hydrogens is 235 g/mol. The third kappa shape index (κ3) is 2.63. The van der Waals surface area contributed by atoms with Gasteiger partial charge in [-0.1, -0.05) is 0 Å². The molecule has 1 aromatic rings. The molecule has 0 N–H and O–H groups in total. The van der Waals surface area contributed by atoms with Gasteiger partial charge >= 0.3 is 6.18 Å². The highest BCUT2D eigenvalue weighted by Crippen LogP contribution is 2.37. The van der Waals surface area contributed by atoms with Gasteiger partial charge in [0.05, 0.1) is 18.3 Å². The van der Waals surface area contributed by atoms with Crippen molar-refractivity contribution in [3.8, 4) is 0 Å². The van der Waals surface area contributed by atoms with Crippen molar-refractivity contribution in [3.05, 3.63) is 29.6 Å². The normalized spacial score (nSPS) is 21.6. The number of rotatable bonds is 1. The van der Waals surface area contributed by atoms with Crippen LogP contribution in [0.3, 0.4) is 0 Å². The molecule has 0 aliphatic carbocycles. The van der Waals surface area contributed by atoms with Gasteiger partial charge in [0.1, 0.15) is 5.78 Å². The molecule has 2 heterocycles. The predicted octanol–water partition coefficient (Wildman–Crippen LogP) is 2.52. The third-order valence-corrected chi connectivity index (χ3v) is 2.62. The number of halogens is 3. The van der Waals surface area contributed by atoms with Crippen molar-refractivity contribution in [2.75, 3.05) is 6.61 Å². The summed E-state index contributed by atoms with van der Waals surface area (Å²) in [6.45, 7) is 0.162. The highest BCUT2D eigenvalue weighted by atomic mass is 19.4. The minimum Gasteiger partial charge on any atom is -0.373 e. The molecule has 2 rings (SSSR count). The first-order valence-corrected chi connectivity index (χ1v) is 5.13. The summed E-state index contributed by atoms with van der Waals surface area (Å²) in [5.74, 6) is -0.0850. The second kappa shape index (κ2) is 4.44. The van der Waals surface area contributed by atoms with E-state index in [2.05, 4.69) is 4.98 Å². The van der Waals surface area contributed by atoms with E-state index in [9.17, 15) is 18.0 Å². The highest BCUT2D eigenvalue weighted by Gasteiger charge is 2.36. The number of Topliss-reactive ketones (excluding diaryl/α,β-unsaturated/α-hetero) is 1. The Morgan fingerprint density at radius 3 is 2.82 bits per heavy atom. The van der Waals surface area contributed by atoms with Gasteiger partial charge in [-0.3, -0.25) is 9.78 Å². The van der Waals surface area contributed by atoms with Crippen LogP contribution in [0.15, 0.2) is 18.5 Å². The molecule has 0 saturated carbocycles. The van der Waals surface area contributed by atoms with E-state index in [4.69, 9.17) is 4.74 Å². The first kappa shape index (κ1) is 12.0. The van der Waals surface area contributed by atoms with Crippen LogP contribution in [0, 0.1) is 0 Å². The molecule has 17 heavy (non-hydrogen) atoms. The lowest BCUT2D eigenvalue weighted by Crippen LogP contribution is -2.22. The monoisotopic (exact) mass is 245 g/mol. The minimum atomic E-state index is -4.46. The molecule has 1 aliphatic rings. The zero-order valence-corrected chi connectivity index (χ0v) is 8.83. The average molecular weight is 245 g/mol. The number of hydrogen-bond donors (Lipinski definition) is 0. The van der Waals surface area contributed by atoms with Crippen LogP contribution in [0.5, 0.6) is 0 Å². The standard InChI is InChI=1S/C11H10F3NO2/c12-11(13,14)9-1-3-15-6-8(9)10-5-7(16)2-4-17-10/h1,3,6,10H,2,4-5H2. The van der Waals surface area contributed by atoms with Crippen molar-refractivity contribution < 1.29 is 22.7 Å². The van der Waals surface area contributed by atoms with Crippen molar-refractivity contribution >= 4 is 5.78 Å². The Labute approximate surface area is 95.6 Å². The first-order chi connectivity index (χ1) is 7.98. The van der Waals surface area contributed by atoms with Crippen LogP contribution >= 0.6 is 0 Å². The summed E-state index contributed by atoms with van der Waals surface area (Å²) in [6, 6.07) is 0.901. The maximum absolute atomic E-state index is 12.7. The summed E-state index contributed by atoms with van der Waals surface area (Å²) >= 11 is 0. The SMILES string of the molecule is O=C1CCOC(c2cnccc2C(F)(F)F)C1. The van der Waals surface area contributed by atoms with Crippen molar-refractivity contribution in [1.82, 2.24) is 4.98 Å². The van der Waals surface area contributed by atoms with Gasteiger partial charge in [-0.05, 0) is 6.07 Å². The molecule has 1 aromatic heterocycles. The summed E-state index contributed by atoms with van der Waals surface area (Å²) in [5, 5.41) is 0. The van der Waals surface area contributed by atoms with Crippen molar-refractivity contribution in [1.29, 1.82) is 0 Å². The molecule has 1 aliphatic heterocycles. The second-order valence-electron chi connectivity index (χ2n) is 3.81. The summed E-state index contributed by atoms with van der Waals surface area (Å²) in [5.41, 5.74) is -0.847. The Morgan fingerprint density at radius 2 is 2.18 bits per heavy atom. The van der Waals surface area contributed by atoms with E-state index in [0.717, 1.165) is 18.5 Å². The summed E-state index contributed by atoms with van der Waals surface area (Å²) in [7, 11) is 0. The number of aromatic nitrogens is 1. The topological polar surface area (TPSA) is 39.2 Å². The van der Waals surface area contributed by atoms with Crippen LogP contribution in [0.1, 0.15) is 30.1 Å². The predicted molar refractivity (Wildman–Crippen MR) is 52.2 cm³/mol. The number of hydrogen-bond acceptors (Lipinski definition) is 3. The van der Waals surface area contributed by atoms with Gasteiger partial charge in [0.25, 0.3) is 0 Å². The number of carbonyl (C=O) groups is 1. The van der Waals surface area contributed by atoms with Gasteiger partial charge < -0.3 is 4.74 Å². The molecular formula is C11H10F3NO2. The van der Waals surface area contributed by atoms with Gasteiger partial charge in [-0.15, -0.1) is 0 Å². The van der Waals surface area contributed by atoms with Crippen LogP contribution < -0.4 is 0 Å². The van der Waals surface area contributed by atoms with Crippen molar-refractivity contribution in [2.24, 2.45) is 0 Å². The fraction of sp³-hybridized carbons (Fsp3) is 0.455. The summed E-state index contributed by atoms with van der Waals surface area (Å²) in [6.07, 6.45) is -2.85. The van der Waals surface area contributed by atoms with E-state index in [-0.39, 0.29) is 30.8 Å². The quantitative estimate of drug-likeness (QED) is 0.763. The second-order valence-corrected chi connectivity index (χ2v) is 3.81. The van der Waals surface area contributed by atoms with E-state index >= 15 is 0 Å². The Kier molecular flexibility index (Phi) is 3.15. The summed E-state index contributed by atoms with van der Waals surface area (Å²) in [4.78, 5) is 14.9. The number of nitrogens with zero attached hydrogens (tertiary/aromatic N) is 1. The third-order valence-electron chi connectivity index (χ3n) is 2.62. The van der Waals surface area contributed by atoms with Crippen LogP contribution in [0.25, 0.3) is 0 Å². The largest absolute Gasteiger partial charge is 0.416 e. The lowest BCUT2D eigenvalue weighted by molar-refractivity contribution is -0.142. The summed E-state index contributed by atoms with van der Waals surface area (Å²) < 4.78 is 43.4. The van der Waals surface area contributed by atoms with Crippen LogP contribution in [0.2, 0.25) is 0 Å². The molecule has 0 radical (unpaired) electrons. The van der Waals surface area contributed by atoms with Gasteiger partial charge in [0.2, 0.25) is 0 Å². The smallest absolute Gasteiger partial charge is 0.373 e. The number of pyridine rings is 1. The van der Waals surface area contributed by atoms with Gasteiger partial charge in [0, 0.05) is 30.8 Å². The lowest BCUT2D eigenvalue weighted by Gasteiger charge is -2.24. The number of ketones is 1. The molecule has 1 atom stereocenters. The molecule has 6 heteroatoms. The molecule has 1 fully saturated rings. The van der Waals surface area contributed by atoms with Crippen LogP contribution in [-0.2, 0) is 15.7 Å². The molecule has 0 bridgehead atoms. The van der Waals surface area contributed by atoms with Crippen molar-refractivity contribution in [3.63, 3.8) is 0 Å². The van der Waals surface area contributed by atoms with E-state index < -0.39 is 17.8 Å². The zero-order chi connectivity index (χ0) is 12.5. The molecule has 3 nitrogen and oxygen atoms in total. The number of carbonyl (C=O) groups excluding carboxylic acids is 1. The number of ether oxygens (including phenoxy) is 1. The lowest BCUT2D eigenvalue weighted by atomic mass is 9.98. The Hall–Kier alpha value is -1.43. The van der Waals surface area contributed by atoms with Crippen LogP contribution in [-0.4, -0.2) is 17.4 Å². The van der Waals surface area contributed by atoms with Gasteiger partial charge in [0.15, 0.2) is 0 Å². The molecule has 1 unspecified atom stereocenters. The van der Waals surface area contributed by atoms with E-state index in [0.29, 0.717) is 0 Å². The molecule has 92 valence electrons. The maximum Gasteiger partial charge on any atom is 0.416 e. The molecule has 1 saturated heterocycles. The average Bonchev–Trinajstić information content (AvgIpc) is 2.28. The zero-order valence-electron chi connectivity index (χ0n) is 8.83. The maximum atomic E-state index is 12.7. The fourth-order valence-electron chi connectivity index (χ4n) is 1.80. The minimum absolute atomic E-state index is 0.0191. The van der Waals surface area contributed by atoms with E-state index in [1.165, 1.54) is 0 Å². The Balaban J connectivity index is 2.34. The van der Waals surface area contributed by atoms with Gasteiger partial charge in [-0.25, -0.2) is 0 Å². The molecule has 0 amide bonds. The molecule has 0 spiro atoms. The van der Waals surface area contributed by atoms with Crippen molar-refractivity contribution in [2.45, 2.75) is 25.1 Å². The Bertz CT molecular complexity index is 431. The van der Waals surface area contributed by atoms with Gasteiger partial charge in [-0.2, -0.15) is 13.2 Å².